The number of Topliss-reactive ketones (excluding diaryl/α,β-unsaturated/α-hetero) is 2. The van der Waals surface area contributed by atoms with Crippen LogP contribution in [0.25, 0.3) is 43.5 Å². The third kappa shape index (κ3) is 3.60. The smallest absolute Gasteiger partial charge is 0.347 e. The molecule has 0 amide bonds. The molecule has 0 bridgehead atoms. The van der Waals surface area contributed by atoms with Crippen molar-refractivity contribution >= 4 is 55.0 Å². The predicted molar refractivity (Wildman–Crippen MR) is 138 cm³/mol. The van der Waals surface area contributed by atoms with E-state index in [0.29, 0.717) is 21.9 Å². The van der Waals surface area contributed by atoms with Crippen molar-refractivity contribution in [2.24, 2.45) is 0 Å². The first kappa shape index (κ1) is 21.7. The summed E-state index contributed by atoms with van der Waals surface area (Å²) in [5, 5.41) is 4.62. The van der Waals surface area contributed by atoms with Gasteiger partial charge in [0.15, 0.2) is 11.6 Å². The summed E-state index contributed by atoms with van der Waals surface area (Å²) in [5.41, 5.74) is -0.939. The number of hydrogen-bond donors (Lipinski definition) is 0. The van der Waals surface area contributed by atoms with Gasteiger partial charge in [-0.1, -0.05) is 72.8 Å². The molecule has 0 radical (unpaired) electrons. The molecule has 0 saturated heterocycles. The Kier molecular flexibility index (Phi) is 5.08. The molecule has 0 aliphatic carbocycles. The predicted octanol–water partition coefficient (Wildman–Crippen LogP) is 6.05. The van der Waals surface area contributed by atoms with Crippen molar-refractivity contribution in [3.05, 3.63) is 117 Å². The molecule has 0 atom stereocenters. The lowest BCUT2D eigenvalue weighted by Gasteiger charge is -2.06. The summed E-state index contributed by atoms with van der Waals surface area (Å²) in [7, 11) is 0. The highest BCUT2D eigenvalue weighted by Crippen LogP contribution is 2.26. The molecule has 0 aliphatic heterocycles. The molecule has 6 nitrogen and oxygen atoms in total. The van der Waals surface area contributed by atoms with E-state index >= 15 is 0 Å². The maximum absolute atomic E-state index is 12.8. The lowest BCUT2D eigenvalue weighted by molar-refractivity contribution is 0.0913. The lowest BCUT2D eigenvalue weighted by Crippen LogP contribution is -2.17. The van der Waals surface area contributed by atoms with Crippen molar-refractivity contribution in [3.8, 4) is 0 Å². The molecule has 0 spiro atoms. The molecule has 0 saturated carbocycles. The van der Waals surface area contributed by atoms with Crippen molar-refractivity contribution in [1.29, 1.82) is 0 Å². The second-order valence-corrected chi connectivity index (χ2v) is 8.65. The maximum atomic E-state index is 12.8. The van der Waals surface area contributed by atoms with Crippen molar-refractivity contribution in [2.45, 2.75) is 12.8 Å². The highest BCUT2D eigenvalue weighted by molar-refractivity contribution is 6.09. The van der Waals surface area contributed by atoms with Crippen molar-refractivity contribution in [2.75, 3.05) is 0 Å². The Labute approximate surface area is 203 Å². The van der Waals surface area contributed by atoms with Gasteiger partial charge in [-0.3, -0.25) is 9.59 Å². The Bertz CT molecular complexity index is 1830. The number of benzene rings is 4. The van der Waals surface area contributed by atoms with Gasteiger partial charge in [-0.2, -0.15) is 0 Å². The average molecular weight is 474 g/mol. The van der Waals surface area contributed by atoms with E-state index in [1.807, 2.05) is 60.7 Å². The maximum Gasteiger partial charge on any atom is 0.347 e. The number of rotatable bonds is 5. The van der Waals surface area contributed by atoms with E-state index in [0.717, 1.165) is 21.5 Å². The van der Waals surface area contributed by atoms with Gasteiger partial charge >= 0.3 is 11.3 Å². The zero-order valence-corrected chi connectivity index (χ0v) is 18.9. The zero-order valence-electron chi connectivity index (χ0n) is 18.9. The summed E-state index contributed by atoms with van der Waals surface area (Å²) in [4.78, 5) is 50.9. The van der Waals surface area contributed by atoms with E-state index in [-0.39, 0.29) is 24.0 Å². The van der Waals surface area contributed by atoms with Crippen molar-refractivity contribution in [1.82, 2.24) is 0 Å². The van der Waals surface area contributed by atoms with Gasteiger partial charge in [0, 0.05) is 34.4 Å². The standard InChI is InChI=1S/C30H18O6/c31-25(23-15-19-11-9-17-5-1-3-7-21(17)27(19)35-29(23)33)13-14-26(32)24-16-20-12-10-18-6-2-4-8-22(18)28(20)36-30(24)34/h1-12,15-16H,13-14H2. The van der Waals surface area contributed by atoms with Crippen LogP contribution in [-0.4, -0.2) is 11.6 Å². The fourth-order valence-electron chi connectivity index (χ4n) is 4.58. The SMILES string of the molecule is O=C(CCC(=O)c1cc2ccc3ccccc3c2oc1=O)c1cc2ccc3ccccc3c2oc1=O. The minimum absolute atomic E-state index is 0.123. The van der Waals surface area contributed by atoms with Crippen LogP contribution in [0.5, 0.6) is 0 Å². The Morgan fingerprint density at radius 3 is 1.36 bits per heavy atom. The number of carbonyl (C=O) groups excluding carboxylic acids is 2. The van der Waals surface area contributed by atoms with Gasteiger partial charge < -0.3 is 8.83 Å². The van der Waals surface area contributed by atoms with Gasteiger partial charge in [-0.25, -0.2) is 9.59 Å². The average Bonchev–Trinajstić information content (AvgIpc) is 2.90. The van der Waals surface area contributed by atoms with Gasteiger partial charge in [0.1, 0.15) is 22.3 Å². The quantitative estimate of drug-likeness (QED) is 0.171. The number of carbonyl (C=O) groups is 2. The van der Waals surface area contributed by atoms with Crippen LogP contribution in [0.1, 0.15) is 33.6 Å². The number of fused-ring (bicyclic) bond motifs is 6. The molecule has 174 valence electrons. The van der Waals surface area contributed by atoms with Gasteiger partial charge in [0.2, 0.25) is 0 Å². The molecule has 6 rings (SSSR count). The summed E-state index contributed by atoms with van der Waals surface area (Å²) < 4.78 is 11.0. The van der Waals surface area contributed by atoms with Crippen molar-refractivity contribution < 1.29 is 18.4 Å². The molecule has 0 unspecified atom stereocenters. The van der Waals surface area contributed by atoms with Crippen LogP contribution in [0.3, 0.4) is 0 Å². The molecule has 6 heteroatoms. The minimum atomic E-state index is -0.756. The normalized spacial score (nSPS) is 11.4. The first-order valence-corrected chi connectivity index (χ1v) is 11.5. The molecular formula is C30H18O6. The summed E-state index contributed by atoms with van der Waals surface area (Å²) in [5.74, 6) is -1.05. The number of hydrogen-bond acceptors (Lipinski definition) is 6. The van der Waals surface area contributed by atoms with Crippen LogP contribution in [-0.2, 0) is 0 Å². The zero-order chi connectivity index (χ0) is 24.8. The van der Waals surface area contributed by atoms with Gasteiger partial charge in [-0.15, -0.1) is 0 Å². The van der Waals surface area contributed by atoms with Crippen LogP contribution >= 0.6 is 0 Å². The van der Waals surface area contributed by atoms with Crippen LogP contribution in [0.15, 0.2) is 103 Å². The summed E-state index contributed by atoms with van der Waals surface area (Å²) in [6.45, 7) is 0. The highest BCUT2D eigenvalue weighted by Gasteiger charge is 2.19. The third-order valence-electron chi connectivity index (χ3n) is 6.43. The molecule has 2 heterocycles. The highest BCUT2D eigenvalue weighted by atomic mass is 16.4. The topological polar surface area (TPSA) is 94.6 Å². The van der Waals surface area contributed by atoms with Crippen LogP contribution < -0.4 is 11.3 Å². The largest absolute Gasteiger partial charge is 0.422 e. The first-order chi connectivity index (χ1) is 17.5. The van der Waals surface area contributed by atoms with E-state index < -0.39 is 22.8 Å². The fourth-order valence-corrected chi connectivity index (χ4v) is 4.58. The van der Waals surface area contributed by atoms with E-state index in [1.165, 1.54) is 12.1 Å². The van der Waals surface area contributed by atoms with Gasteiger partial charge in [0.25, 0.3) is 0 Å². The van der Waals surface area contributed by atoms with Gasteiger partial charge in [-0.05, 0) is 22.9 Å². The third-order valence-corrected chi connectivity index (χ3v) is 6.43. The summed E-state index contributed by atoms with van der Waals surface area (Å²) >= 11 is 0. The Balaban J connectivity index is 1.28. The molecule has 0 fully saturated rings. The van der Waals surface area contributed by atoms with Crippen molar-refractivity contribution in [3.63, 3.8) is 0 Å². The summed E-state index contributed by atoms with van der Waals surface area (Å²) in [6.07, 6.45) is -0.476. The Morgan fingerprint density at radius 2 is 0.917 bits per heavy atom. The van der Waals surface area contributed by atoms with Crippen LogP contribution in [0.2, 0.25) is 0 Å². The molecule has 0 aliphatic rings. The van der Waals surface area contributed by atoms with E-state index in [2.05, 4.69) is 0 Å². The van der Waals surface area contributed by atoms with Gasteiger partial charge in [0.05, 0.1) is 0 Å². The molecule has 0 N–H and O–H groups in total. The lowest BCUT2D eigenvalue weighted by atomic mass is 10.0. The van der Waals surface area contributed by atoms with E-state index in [1.54, 1.807) is 12.1 Å². The molecular weight excluding hydrogens is 456 g/mol. The molecule has 4 aromatic carbocycles. The van der Waals surface area contributed by atoms with E-state index in [4.69, 9.17) is 8.83 Å². The minimum Gasteiger partial charge on any atom is -0.422 e. The summed E-state index contributed by atoms with van der Waals surface area (Å²) in [6, 6.07) is 25.3. The fraction of sp³-hybridized carbons (Fsp3) is 0.0667. The molecule has 2 aromatic heterocycles. The number of ketones is 2. The Hall–Kier alpha value is -4.84. The second kappa shape index (κ2) is 8.43. The molecule has 36 heavy (non-hydrogen) atoms. The molecule has 6 aromatic rings. The Morgan fingerprint density at radius 1 is 0.528 bits per heavy atom. The first-order valence-electron chi connectivity index (χ1n) is 11.5. The second-order valence-electron chi connectivity index (χ2n) is 8.65. The monoisotopic (exact) mass is 474 g/mol. The van der Waals surface area contributed by atoms with Crippen LogP contribution in [0.4, 0.5) is 0 Å². The van der Waals surface area contributed by atoms with E-state index in [9.17, 15) is 19.2 Å². The van der Waals surface area contributed by atoms with Crippen LogP contribution in [0, 0.1) is 0 Å².